The lowest BCUT2D eigenvalue weighted by Crippen LogP contribution is -2.44. The van der Waals surface area contributed by atoms with Gasteiger partial charge in [-0.15, -0.1) is 10.2 Å². The molecular formula is C17H20N4O3S. The number of nitrogens with one attached hydrogen (secondary N) is 1. The molecule has 132 valence electrons. The van der Waals surface area contributed by atoms with Gasteiger partial charge in [0.15, 0.2) is 0 Å². The zero-order valence-electron chi connectivity index (χ0n) is 14.0. The summed E-state index contributed by atoms with van der Waals surface area (Å²) in [6, 6.07) is 9.70. The van der Waals surface area contributed by atoms with Crippen LogP contribution in [0.4, 0.5) is 9.93 Å². The maximum atomic E-state index is 12.5. The normalized spacial score (nSPS) is 17.2. The van der Waals surface area contributed by atoms with Gasteiger partial charge in [0.05, 0.1) is 12.5 Å². The van der Waals surface area contributed by atoms with Gasteiger partial charge in [-0.25, -0.2) is 4.79 Å². The lowest BCUT2D eigenvalue weighted by atomic mass is 9.97. The van der Waals surface area contributed by atoms with Crippen LogP contribution in [0.5, 0.6) is 0 Å². The number of anilines is 1. The summed E-state index contributed by atoms with van der Waals surface area (Å²) >= 11 is 1.33. The third-order valence-corrected chi connectivity index (χ3v) is 4.88. The van der Waals surface area contributed by atoms with E-state index in [1.165, 1.54) is 11.3 Å². The molecule has 1 saturated heterocycles. The van der Waals surface area contributed by atoms with Crippen molar-refractivity contribution in [1.29, 1.82) is 0 Å². The van der Waals surface area contributed by atoms with E-state index in [4.69, 9.17) is 4.74 Å². The number of carbonyl (C=O) groups excluding carboxylic acids is 2. The smallest absolute Gasteiger partial charge is 0.409 e. The van der Waals surface area contributed by atoms with E-state index < -0.39 is 0 Å². The minimum absolute atomic E-state index is 0.134. The number of amides is 2. The molecule has 1 aromatic carbocycles. The van der Waals surface area contributed by atoms with Crippen LogP contribution in [0.2, 0.25) is 0 Å². The summed E-state index contributed by atoms with van der Waals surface area (Å²) in [5.41, 5.74) is 0.964. The van der Waals surface area contributed by atoms with Crippen molar-refractivity contribution in [2.45, 2.75) is 19.8 Å². The second-order valence-corrected chi connectivity index (χ2v) is 6.73. The maximum absolute atomic E-state index is 12.5. The number of benzene rings is 1. The SMILES string of the molecule is CCOC(=O)N1CCCC(C(=O)Nc2nnc(-c3ccccc3)s2)C1. The van der Waals surface area contributed by atoms with Crippen LogP contribution in [0.3, 0.4) is 0 Å². The molecule has 1 fully saturated rings. The Morgan fingerprint density at radius 3 is 2.88 bits per heavy atom. The molecule has 0 radical (unpaired) electrons. The highest BCUT2D eigenvalue weighted by Gasteiger charge is 2.29. The maximum Gasteiger partial charge on any atom is 0.409 e. The van der Waals surface area contributed by atoms with Crippen LogP contribution in [-0.2, 0) is 9.53 Å². The van der Waals surface area contributed by atoms with E-state index in [0.29, 0.717) is 24.8 Å². The fourth-order valence-corrected chi connectivity index (χ4v) is 3.50. The standard InChI is InChI=1S/C17H20N4O3S/c1-2-24-17(23)21-10-6-9-13(11-21)14(22)18-16-20-19-15(25-16)12-7-4-3-5-8-12/h3-5,7-8,13H,2,6,9-11H2,1H3,(H,18,20,22). The lowest BCUT2D eigenvalue weighted by molar-refractivity contribution is -0.121. The number of rotatable bonds is 4. The van der Waals surface area contributed by atoms with Gasteiger partial charge in [0.1, 0.15) is 5.01 Å². The predicted octanol–water partition coefficient (Wildman–Crippen LogP) is 3.01. The molecule has 1 aliphatic heterocycles. The van der Waals surface area contributed by atoms with Crippen molar-refractivity contribution in [3.63, 3.8) is 0 Å². The zero-order chi connectivity index (χ0) is 17.6. The largest absolute Gasteiger partial charge is 0.450 e. The number of hydrogen-bond acceptors (Lipinski definition) is 6. The number of piperidine rings is 1. The van der Waals surface area contributed by atoms with Crippen LogP contribution in [0.15, 0.2) is 30.3 Å². The molecule has 2 aromatic rings. The number of hydrogen-bond donors (Lipinski definition) is 1. The molecular weight excluding hydrogens is 340 g/mol. The van der Waals surface area contributed by atoms with Gasteiger partial charge < -0.3 is 15.0 Å². The Balaban J connectivity index is 1.60. The molecule has 0 bridgehead atoms. The van der Waals surface area contributed by atoms with Crippen LogP contribution in [0, 0.1) is 5.92 Å². The van der Waals surface area contributed by atoms with Gasteiger partial charge in [-0.1, -0.05) is 41.7 Å². The minimum Gasteiger partial charge on any atom is -0.450 e. The first-order chi connectivity index (χ1) is 12.2. The molecule has 7 nitrogen and oxygen atoms in total. The Morgan fingerprint density at radius 2 is 2.12 bits per heavy atom. The van der Waals surface area contributed by atoms with Crippen molar-refractivity contribution in [3.8, 4) is 10.6 Å². The highest BCUT2D eigenvalue weighted by atomic mass is 32.1. The van der Waals surface area contributed by atoms with Gasteiger partial charge in [-0.3, -0.25) is 4.79 Å². The highest BCUT2D eigenvalue weighted by molar-refractivity contribution is 7.18. The second kappa shape index (κ2) is 8.06. The van der Waals surface area contributed by atoms with Crippen molar-refractivity contribution >= 4 is 28.5 Å². The molecule has 0 saturated carbocycles. The van der Waals surface area contributed by atoms with Gasteiger partial charge in [-0.2, -0.15) is 0 Å². The monoisotopic (exact) mass is 360 g/mol. The first-order valence-electron chi connectivity index (χ1n) is 8.29. The van der Waals surface area contributed by atoms with Crippen LogP contribution in [-0.4, -0.2) is 46.8 Å². The molecule has 2 heterocycles. The van der Waals surface area contributed by atoms with Crippen molar-refractivity contribution in [3.05, 3.63) is 30.3 Å². The summed E-state index contributed by atoms with van der Waals surface area (Å²) < 4.78 is 5.02. The number of carbonyl (C=O) groups is 2. The summed E-state index contributed by atoms with van der Waals surface area (Å²) in [4.78, 5) is 25.9. The van der Waals surface area contributed by atoms with Crippen molar-refractivity contribution < 1.29 is 14.3 Å². The van der Waals surface area contributed by atoms with E-state index in [0.717, 1.165) is 23.4 Å². The van der Waals surface area contributed by atoms with Gasteiger partial charge in [0, 0.05) is 18.7 Å². The summed E-state index contributed by atoms with van der Waals surface area (Å²) in [5.74, 6) is -0.396. The highest BCUT2D eigenvalue weighted by Crippen LogP contribution is 2.27. The molecule has 0 aliphatic carbocycles. The molecule has 0 spiro atoms. The third-order valence-electron chi connectivity index (χ3n) is 3.99. The van der Waals surface area contributed by atoms with E-state index in [1.54, 1.807) is 11.8 Å². The van der Waals surface area contributed by atoms with Crippen molar-refractivity contribution in [2.24, 2.45) is 5.92 Å². The Bertz CT molecular complexity index is 735. The lowest BCUT2D eigenvalue weighted by Gasteiger charge is -2.30. The Kier molecular flexibility index (Phi) is 5.60. The molecule has 8 heteroatoms. The fourth-order valence-electron chi connectivity index (χ4n) is 2.75. The fraction of sp³-hybridized carbons (Fsp3) is 0.412. The summed E-state index contributed by atoms with van der Waals surface area (Å²) in [6.45, 7) is 3.10. The quantitative estimate of drug-likeness (QED) is 0.906. The van der Waals surface area contributed by atoms with E-state index in [2.05, 4.69) is 15.5 Å². The molecule has 1 aromatic heterocycles. The number of ether oxygens (including phenoxy) is 1. The molecule has 1 N–H and O–H groups in total. The molecule has 1 unspecified atom stereocenters. The number of nitrogens with zero attached hydrogens (tertiary/aromatic N) is 3. The summed E-state index contributed by atoms with van der Waals surface area (Å²) in [7, 11) is 0. The average molecular weight is 360 g/mol. The molecule has 1 atom stereocenters. The number of likely N-dealkylation sites (tertiary alicyclic amines) is 1. The first kappa shape index (κ1) is 17.3. The van der Waals surface area contributed by atoms with Crippen molar-refractivity contribution in [2.75, 3.05) is 25.0 Å². The molecule has 3 rings (SSSR count). The van der Waals surface area contributed by atoms with Crippen molar-refractivity contribution in [1.82, 2.24) is 15.1 Å². The number of aromatic nitrogens is 2. The second-order valence-electron chi connectivity index (χ2n) is 5.75. The third kappa shape index (κ3) is 4.33. The Morgan fingerprint density at radius 1 is 1.32 bits per heavy atom. The van der Waals surface area contributed by atoms with Crippen LogP contribution >= 0.6 is 11.3 Å². The molecule has 2 amide bonds. The van der Waals surface area contributed by atoms with Crippen LogP contribution in [0.1, 0.15) is 19.8 Å². The van der Waals surface area contributed by atoms with Crippen LogP contribution < -0.4 is 5.32 Å². The average Bonchev–Trinajstić information content (AvgIpc) is 3.11. The van der Waals surface area contributed by atoms with Gasteiger partial charge in [0.2, 0.25) is 11.0 Å². The van der Waals surface area contributed by atoms with E-state index in [1.807, 2.05) is 30.3 Å². The summed E-state index contributed by atoms with van der Waals surface area (Å²) in [5, 5.41) is 12.2. The van der Waals surface area contributed by atoms with E-state index >= 15 is 0 Å². The molecule has 25 heavy (non-hydrogen) atoms. The van der Waals surface area contributed by atoms with E-state index in [9.17, 15) is 9.59 Å². The predicted molar refractivity (Wildman–Crippen MR) is 95.3 cm³/mol. The molecule has 1 aliphatic rings. The topological polar surface area (TPSA) is 84.4 Å². The van der Waals surface area contributed by atoms with Gasteiger partial charge in [-0.05, 0) is 19.8 Å². The van der Waals surface area contributed by atoms with Gasteiger partial charge in [0.25, 0.3) is 0 Å². The Labute approximate surface area is 150 Å². The minimum atomic E-state index is -0.359. The zero-order valence-corrected chi connectivity index (χ0v) is 14.8. The summed E-state index contributed by atoms with van der Waals surface area (Å²) in [6.07, 6.45) is 1.16. The first-order valence-corrected chi connectivity index (χ1v) is 9.10. The van der Waals surface area contributed by atoms with E-state index in [-0.39, 0.29) is 17.9 Å². The Hall–Kier alpha value is -2.48. The van der Waals surface area contributed by atoms with Crippen LogP contribution in [0.25, 0.3) is 10.6 Å². The van der Waals surface area contributed by atoms with Gasteiger partial charge >= 0.3 is 6.09 Å².